The zero-order chi connectivity index (χ0) is 16.4. The van der Waals surface area contributed by atoms with Crippen LogP contribution in [0.15, 0.2) is 66.5 Å². The van der Waals surface area contributed by atoms with Gasteiger partial charge in [0.25, 0.3) is 0 Å². The lowest BCUT2D eigenvalue weighted by Gasteiger charge is -2.24. The average molecular weight is 308 g/mol. The van der Waals surface area contributed by atoms with Crippen molar-refractivity contribution < 1.29 is 14.3 Å². The molecule has 0 unspecified atom stereocenters. The summed E-state index contributed by atoms with van der Waals surface area (Å²) in [4.78, 5) is 23.9. The molecule has 0 atom stereocenters. The number of rotatable bonds is 3. The van der Waals surface area contributed by atoms with Gasteiger partial charge in [-0.1, -0.05) is 60.7 Å². The van der Waals surface area contributed by atoms with Crippen LogP contribution in [-0.4, -0.2) is 36.0 Å². The number of ether oxygens (including phenoxy) is 1. The van der Waals surface area contributed by atoms with Gasteiger partial charge in [-0.05, 0) is 11.1 Å². The first-order valence-electron chi connectivity index (χ1n) is 7.18. The van der Waals surface area contributed by atoms with Crippen LogP contribution in [0.25, 0.3) is 5.57 Å². The second-order valence-electron chi connectivity index (χ2n) is 5.27. The van der Waals surface area contributed by atoms with Gasteiger partial charge in [0.1, 0.15) is 0 Å². The van der Waals surface area contributed by atoms with Crippen molar-refractivity contribution in [2.75, 3.05) is 14.1 Å². The number of amides is 1. The molecular weight excluding hydrogens is 292 g/mol. The fourth-order valence-electron chi connectivity index (χ4n) is 2.50. The Morgan fingerprint density at radius 1 is 0.870 bits per heavy atom. The molecule has 0 aromatic heterocycles. The van der Waals surface area contributed by atoms with E-state index in [1.807, 2.05) is 60.7 Å². The largest absolute Gasteiger partial charge is 0.405 e. The summed E-state index contributed by atoms with van der Waals surface area (Å²) in [5.74, 6) is -1.35. The van der Waals surface area contributed by atoms with E-state index < -0.39 is 11.9 Å². The van der Waals surface area contributed by atoms with Crippen LogP contribution in [0.2, 0.25) is 0 Å². The third-order valence-electron chi connectivity index (χ3n) is 3.49. The molecule has 2 aromatic rings. The topological polar surface area (TPSA) is 49.9 Å². The molecule has 0 aliphatic carbocycles. The first kappa shape index (κ1) is 15.0. The van der Waals surface area contributed by atoms with Gasteiger partial charge in [0.2, 0.25) is 5.88 Å². The molecule has 1 amide bonds. The highest BCUT2D eigenvalue weighted by Crippen LogP contribution is 2.32. The summed E-state index contributed by atoms with van der Waals surface area (Å²) in [7, 11) is 3.38. The number of hydrogen-bond acceptors (Lipinski definition) is 4. The van der Waals surface area contributed by atoms with Gasteiger partial charge in [-0.25, -0.2) is 9.80 Å². The maximum Gasteiger partial charge on any atom is 0.405 e. The van der Waals surface area contributed by atoms with E-state index in [0.717, 1.165) is 11.1 Å². The lowest BCUT2D eigenvalue weighted by molar-refractivity contribution is -0.150. The van der Waals surface area contributed by atoms with Crippen LogP contribution < -0.4 is 0 Å². The van der Waals surface area contributed by atoms with E-state index in [2.05, 4.69) is 0 Å². The number of carbonyl (C=O) groups is 2. The van der Waals surface area contributed by atoms with Gasteiger partial charge in [0, 0.05) is 14.1 Å². The average Bonchev–Trinajstić information content (AvgIpc) is 2.85. The first-order chi connectivity index (χ1) is 11.1. The van der Waals surface area contributed by atoms with E-state index in [9.17, 15) is 9.59 Å². The van der Waals surface area contributed by atoms with E-state index in [4.69, 9.17) is 4.74 Å². The molecule has 5 heteroatoms. The zero-order valence-electron chi connectivity index (χ0n) is 12.9. The number of nitrogens with zero attached hydrogens (tertiary/aromatic N) is 2. The van der Waals surface area contributed by atoms with Gasteiger partial charge >= 0.3 is 11.9 Å². The lowest BCUT2D eigenvalue weighted by atomic mass is 9.98. The maximum atomic E-state index is 12.1. The van der Waals surface area contributed by atoms with Crippen molar-refractivity contribution >= 4 is 17.4 Å². The predicted molar refractivity (Wildman–Crippen MR) is 85.5 cm³/mol. The van der Waals surface area contributed by atoms with Crippen LogP contribution in [0.1, 0.15) is 11.1 Å². The summed E-state index contributed by atoms with van der Waals surface area (Å²) in [6, 6.07) is 19.1. The molecule has 1 heterocycles. The van der Waals surface area contributed by atoms with Gasteiger partial charge in [-0.2, -0.15) is 5.01 Å². The van der Waals surface area contributed by atoms with Crippen molar-refractivity contribution in [1.29, 1.82) is 0 Å². The number of benzene rings is 2. The minimum atomic E-state index is -0.877. The second-order valence-corrected chi connectivity index (χ2v) is 5.27. The number of cyclic esters (lactones) is 1. The molecule has 0 radical (unpaired) electrons. The first-order valence-corrected chi connectivity index (χ1v) is 7.18. The molecule has 1 fully saturated rings. The monoisotopic (exact) mass is 308 g/mol. The molecule has 5 nitrogen and oxygen atoms in total. The molecule has 1 aliphatic rings. The summed E-state index contributed by atoms with van der Waals surface area (Å²) in [5, 5.41) is 2.78. The highest BCUT2D eigenvalue weighted by molar-refractivity contribution is 6.35. The number of hydrazine groups is 1. The Bertz CT molecular complexity index is 726. The van der Waals surface area contributed by atoms with Crippen molar-refractivity contribution in [3.05, 3.63) is 77.7 Å². The Balaban J connectivity index is 2.26. The Morgan fingerprint density at radius 2 is 1.35 bits per heavy atom. The van der Waals surface area contributed by atoms with Crippen molar-refractivity contribution in [1.82, 2.24) is 10.0 Å². The Morgan fingerprint density at radius 3 is 1.78 bits per heavy atom. The minimum absolute atomic E-state index is 0.224. The normalized spacial score (nSPS) is 14.4. The van der Waals surface area contributed by atoms with E-state index in [1.54, 1.807) is 14.1 Å². The molecule has 1 aliphatic heterocycles. The number of carbonyl (C=O) groups excluding carboxylic acids is 2. The third kappa shape index (κ3) is 2.74. The standard InChI is InChI=1S/C18H16N2O3/c1-19(2)20-16(21)18(22)23-17(20)15(13-9-5-3-6-10-13)14-11-7-4-8-12-14/h3-12H,1-2H3. The van der Waals surface area contributed by atoms with Gasteiger partial charge in [0.15, 0.2) is 0 Å². The summed E-state index contributed by atoms with van der Waals surface area (Å²) < 4.78 is 5.29. The molecule has 3 rings (SSSR count). The van der Waals surface area contributed by atoms with Crippen LogP contribution in [0.5, 0.6) is 0 Å². The smallest absolute Gasteiger partial charge is 0.400 e. The second kappa shape index (κ2) is 6.06. The Kier molecular flexibility index (Phi) is 3.95. The Hall–Kier alpha value is -2.92. The molecular formula is C18H16N2O3. The lowest BCUT2D eigenvalue weighted by Crippen LogP contribution is -2.38. The maximum absolute atomic E-state index is 12.1. The summed E-state index contributed by atoms with van der Waals surface area (Å²) in [5.41, 5.74) is 2.42. The van der Waals surface area contributed by atoms with Crippen molar-refractivity contribution in [3.8, 4) is 0 Å². The van der Waals surface area contributed by atoms with E-state index >= 15 is 0 Å². The van der Waals surface area contributed by atoms with Gasteiger partial charge in [-0.15, -0.1) is 0 Å². The number of hydrogen-bond donors (Lipinski definition) is 0. The highest BCUT2D eigenvalue weighted by Gasteiger charge is 2.40. The summed E-state index contributed by atoms with van der Waals surface area (Å²) in [6.07, 6.45) is 0. The van der Waals surface area contributed by atoms with Crippen molar-refractivity contribution in [2.45, 2.75) is 0 Å². The van der Waals surface area contributed by atoms with Crippen LogP contribution in [0, 0.1) is 0 Å². The van der Waals surface area contributed by atoms with Crippen LogP contribution >= 0.6 is 0 Å². The molecule has 0 N–H and O–H groups in total. The van der Waals surface area contributed by atoms with Gasteiger partial charge in [0.05, 0.1) is 5.57 Å². The molecule has 1 saturated heterocycles. The molecule has 0 saturated carbocycles. The quantitative estimate of drug-likeness (QED) is 0.645. The fraction of sp³-hybridized carbons (Fsp3) is 0.111. The highest BCUT2D eigenvalue weighted by atomic mass is 16.6. The molecule has 2 aromatic carbocycles. The van der Waals surface area contributed by atoms with E-state index in [0.29, 0.717) is 5.57 Å². The summed E-state index contributed by atoms with van der Waals surface area (Å²) >= 11 is 0. The van der Waals surface area contributed by atoms with Crippen molar-refractivity contribution in [2.24, 2.45) is 0 Å². The minimum Gasteiger partial charge on any atom is -0.400 e. The molecule has 0 spiro atoms. The van der Waals surface area contributed by atoms with Crippen LogP contribution in [0.3, 0.4) is 0 Å². The van der Waals surface area contributed by atoms with E-state index in [1.165, 1.54) is 10.0 Å². The Labute approximate surface area is 134 Å². The fourth-order valence-corrected chi connectivity index (χ4v) is 2.50. The van der Waals surface area contributed by atoms with Gasteiger partial charge < -0.3 is 4.74 Å². The zero-order valence-corrected chi connectivity index (χ0v) is 12.9. The molecule has 116 valence electrons. The van der Waals surface area contributed by atoms with Gasteiger partial charge in [-0.3, -0.25) is 4.79 Å². The number of esters is 1. The predicted octanol–water partition coefficient (Wildman–Crippen LogP) is 2.27. The van der Waals surface area contributed by atoms with Crippen LogP contribution in [0.4, 0.5) is 0 Å². The SMILES string of the molecule is CN(C)N1C(=O)C(=O)OC1=C(c1ccccc1)c1ccccc1. The molecule has 0 bridgehead atoms. The van der Waals surface area contributed by atoms with E-state index in [-0.39, 0.29) is 5.88 Å². The van der Waals surface area contributed by atoms with Crippen LogP contribution in [-0.2, 0) is 14.3 Å². The third-order valence-corrected chi connectivity index (χ3v) is 3.49. The summed E-state index contributed by atoms with van der Waals surface area (Å²) in [6.45, 7) is 0. The van der Waals surface area contributed by atoms with Crippen molar-refractivity contribution in [3.63, 3.8) is 0 Å². The molecule has 23 heavy (non-hydrogen) atoms.